The maximum absolute atomic E-state index is 11.6. The van der Waals surface area contributed by atoms with Crippen molar-refractivity contribution in [2.75, 3.05) is 0 Å². The lowest BCUT2D eigenvalue weighted by Crippen LogP contribution is -2.16. The van der Waals surface area contributed by atoms with Gasteiger partial charge in [-0.05, 0) is 6.92 Å². The number of aromatic carboxylic acids is 1. The summed E-state index contributed by atoms with van der Waals surface area (Å²) in [5.74, 6) is -1.39. The Bertz CT molecular complexity index is 413. The lowest BCUT2D eigenvalue weighted by molar-refractivity contribution is 0.0683. The van der Waals surface area contributed by atoms with Crippen LogP contribution in [0.1, 0.15) is 40.5 Å². The predicted molar refractivity (Wildman–Crippen MR) is 52.9 cm³/mol. The number of carboxylic acids is 1. The van der Waals surface area contributed by atoms with Gasteiger partial charge in [-0.1, -0.05) is 13.8 Å². The largest absolute Gasteiger partial charge is 0.476 e. The van der Waals surface area contributed by atoms with E-state index in [0.29, 0.717) is 5.82 Å². The number of aromatic nitrogens is 2. The first kappa shape index (κ1) is 11.3. The average Bonchev–Trinajstić information content (AvgIpc) is 2.16. The molecule has 1 aromatic rings. The summed E-state index contributed by atoms with van der Waals surface area (Å²) in [4.78, 5) is 30.1. The van der Waals surface area contributed by atoms with Crippen LogP contribution in [-0.4, -0.2) is 26.8 Å². The number of aryl methyl sites for hydroxylation is 1. The van der Waals surface area contributed by atoms with E-state index in [1.165, 1.54) is 6.20 Å². The highest BCUT2D eigenvalue weighted by atomic mass is 16.4. The Morgan fingerprint density at radius 2 is 2.00 bits per heavy atom. The van der Waals surface area contributed by atoms with Crippen molar-refractivity contribution in [2.45, 2.75) is 20.8 Å². The molecule has 0 aliphatic rings. The number of nitrogens with zero attached hydrogens (tertiary/aromatic N) is 2. The van der Waals surface area contributed by atoms with Crippen molar-refractivity contribution in [3.63, 3.8) is 0 Å². The summed E-state index contributed by atoms with van der Waals surface area (Å²) in [6.45, 7) is 4.98. The lowest BCUT2D eigenvalue weighted by Gasteiger charge is -2.06. The van der Waals surface area contributed by atoms with Crippen LogP contribution in [0.25, 0.3) is 0 Å². The van der Waals surface area contributed by atoms with Crippen LogP contribution in [0.5, 0.6) is 0 Å². The number of carbonyl (C=O) groups is 2. The Hall–Kier alpha value is -1.78. The molecule has 80 valence electrons. The van der Waals surface area contributed by atoms with Gasteiger partial charge in [0, 0.05) is 12.1 Å². The van der Waals surface area contributed by atoms with Crippen molar-refractivity contribution >= 4 is 11.8 Å². The minimum atomic E-state index is -1.20. The molecule has 1 aromatic heterocycles. The zero-order valence-corrected chi connectivity index (χ0v) is 8.81. The molecule has 15 heavy (non-hydrogen) atoms. The van der Waals surface area contributed by atoms with Crippen molar-refractivity contribution in [1.29, 1.82) is 0 Å². The lowest BCUT2D eigenvalue weighted by atomic mass is 10.0. The van der Waals surface area contributed by atoms with Crippen LogP contribution in [0.3, 0.4) is 0 Å². The maximum Gasteiger partial charge on any atom is 0.355 e. The Kier molecular flexibility index (Phi) is 3.14. The molecule has 1 heterocycles. The molecule has 0 saturated carbocycles. The molecule has 0 radical (unpaired) electrons. The minimum Gasteiger partial charge on any atom is -0.476 e. The van der Waals surface area contributed by atoms with Gasteiger partial charge in [-0.25, -0.2) is 14.8 Å². The summed E-state index contributed by atoms with van der Waals surface area (Å²) >= 11 is 0. The van der Waals surface area contributed by atoms with Gasteiger partial charge >= 0.3 is 5.97 Å². The molecule has 1 N–H and O–H groups in total. The normalized spacial score (nSPS) is 10.4. The SMILES string of the molecule is Cc1ncc(C(=O)C(C)C)c(C(=O)O)n1. The van der Waals surface area contributed by atoms with Gasteiger partial charge in [0.05, 0.1) is 5.56 Å². The van der Waals surface area contributed by atoms with E-state index in [1.807, 2.05) is 0 Å². The van der Waals surface area contributed by atoms with Crippen LogP contribution in [0.4, 0.5) is 0 Å². The molecule has 0 atom stereocenters. The van der Waals surface area contributed by atoms with E-state index in [0.717, 1.165) is 0 Å². The van der Waals surface area contributed by atoms with Gasteiger partial charge in [0.1, 0.15) is 5.82 Å². The minimum absolute atomic E-state index is 0.0723. The molecule has 0 aromatic carbocycles. The van der Waals surface area contributed by atoms with Crippen LogP contribution in [0.15, 0.2) is 6.20 Å². The van der Waals surface area contributed by atoms with Gasteiger partial charge in [-0.3, -0.25) is 4.79 Å². The van der Waals surface area contributed by atoms with E-state index in [1.54, 1.807) is 20.8 Å². The zero-order valence-electron chi connectivity index (χ0n) is 8.81. The van der Waals surface area contributed by atoms with E-state index in [9.17, 15) is 9.59 Å². The van der Waals surface area contributed by atoms with E-state index in [-0.39, 0.29) is 23.0 Å². The summed E-state index contributed by atoms with van der Waals surface area (Å²) in [6.07, 6.45) is 1.27. The maximum atomic E-state index is 11.6. The summed E-state index contributed by atoms with van der Waals surface area (Å²) in [5, 5.41) is 8.88. The first-order valence-corrected chi connectivity index (χ1v) is 4.54. The Morgan fingerprint density at radius 3 is 2.47 bits per heavy atom. The van der Waals surface area contributed by atoms with Crippen molar-refractivity contribution in [3.05, 3.63) is 23.3 Å². The molecule has 0 amide bonds. The van der Waals surface area contributed by atoms with E-state index >= 15 is 0 Å². The molecule has 5 heteroatoms. The number of hydrogen-bond donors (Lipinski definition) is 1. The van der Waals surface area contributed by atoms with Gasteiger partial charge in [-0.2, -0.15) is 0 Å². The fourth-order valence-electron chi connectivity index (χ4n) is 1.12. The fourth-order valence-corrected chi connectivity index (χ4v) is 1.12. The molecule has 0 spiro atoms. The van der Waals surface area contributed by atoms with Crippen molar-refractivity contribution in [3.8, 4) is 0 Å². The van der Waals surface area contributed by atoms with Crippen LogP contribution < -0.4 is 0 Å². The van der Waals surface area contributed by atoms with E-state index in [4.69, 9.17) is 5.11 Å². The van der Waals surface area contributed by atoms with Gasteiger partial charge in [0.2, 0.25) is 0 Å². The van der Waals surface area contributed by atoms with Crippen molar-refractivity contribution < 1.29 is 14.7 Å². The molecular weight excluding hydrogens is 196 g/mol. The standard InChI is InChI=1S/C10H12N2O3/c1-5(2)9(13)7-4-11-6(3)12-8(7)10(14)15/h4-5H,1-3H3,(H,14,15). The van der Waals surface area contributed by atoms with Gasteiger partial charge in [-0.15, -0.1) is 0 Å². The topological polar surface area (TPSA) is 80.2 Å². The number of rotatable bonds is 3. The second kappa shape index (κ2) is 4.16. The Morgan fingerprint density at radius 1 is 1.40 bits per heavy atom. The highest BCUT2D eigenvalue weighted by Crippen LogP contribution is 2.11. The van der Waals surface area contributed by atoms with Gasteiger partial charge < -0.3 is 5.11 Å². The fraction of sp³-hybridized carbons (Fsp3) is 0.400. The monoisotopic (exact) mass is 208 g/mol. The molecule has 5 nitrogen and oxygen atoms in total. The van der Waals surface area contributed by atoms with Crippen LogP contribution in [0, 0.1) is 12.8 Å². The molecule has 0 saturated heterocycles. The summed E-state index contributed by atoms with van der Waals surface area (Å²) < 4.78 is 0. The molecule has 0 aliphatic carbocycles. The third-order valence-electron chi connectivity index (χ3n) is 1.90. The Balaban J connectivity index is 3.29. The average molecular weight is 208 g/mol. The van der Waals surface area contributed by atoms with Gasteiger partial charge in [0.15, 0.2) is 11.5 Å². The number of carboxylic acid groups (broad SMARTS) is 1. The molecule has 0 unspecified atom stereocenters. The van der Waals surface area contributed by atoms with Crippen LogP contribution in [-0.2, 0) is 0 Å². The summed E-state index contributed by atoms with van der Waals surface area (Å²) in [6, 6.07) is 0. The predicted octanol–water partition coefficient (Wildman–Crippen LogP) is 1.32. The quantitative estimate of drug-likeness (QED) is 0.758. The van der Waals surface area contributed by atoms with Crippen molar-refractivity contribution in [2.24, 2.45) is 5.92 Å². The second-order valence-electron chi connectivity index (χ2n) is 3.50. The number of Topliss-reactive ketones (excluding diaryl/α,β-unsaturated/α-hetero) is 1. The zero-order chi connectivity index (χ0) is 11.6. The molecular formula is C10H12N2O3. The third kappa shape index (κ3) is 2.37. The summed E-state index contributed by atoms with van der Waals surface area (Å²) in [7, 11) is 0. The third-order valence-corrected chi connectivity index (χ3v) is 1.90. The van der Waals surface area contributed by atoms with Crippen LogP contribution >= 0.6 is 0 Å². The Labute approximate surface area is 87.2 Å². The van der Waals surface area contributed by atoms with Crippen molar-refractivity contribution in [1.82, 2.24) is 9.97 Å². The number of hydrogen-bond acceptors (Lipinski definition) is 4. The number of ketones is 1. The first-order valence-electron chi connectivity index (χ1n) is 4.54. The molecule has 0 bridgehead atoms. The molecule has 1 rings (SSSR count). The molecule has 0 aliphatic heterocycles. The van der Waals surface area contributed by atoms with Crippen LogP contribution in [0.2, 0.25) is 0 Å². The summed E-state index contributed by atoms with van der Waals surface area (Å²) in [5.41, 5.74) is -0.149. The first-order chi connectivity index (χ1) is 6.93. The highest BCUT2D eigenvalue weighted by Gasteiger charge is 2.20. The highest BCUT2D eigenvalue weighted by molar-refractivity contribution is 6.05. The number of carbonyl (C=O) groups excluding carboxylic acids is 1. The second-order valence-corrected chi connectivity index (χ2v) is 3.50. The molecule has 0 fully saturated rings. The van der Waals surface area contributed by atoms with E-state index < -0.39 is 5.97 Å². The van der Waals surface area contributed by atoms with Gasteiger partial charge in [0.25, 0.3) is 0 Å². The van der Waals surface area contributed by atoms with E-state index in [2.05, 4.69) is 9.97 Å². The smallest absolute Gasteiger partial charge is 0.355 e.